The highest BCUT2D eigenvalue weighted by Gasteiger charge is 2.05. The van der Waals surface area contributed by atoms with Gasteiger partial charge in [0.2, 0.25) is 0 Å². The van der Waals surface area contributed by atoms with Gasteiger partial charge in [-0.2, -0.15) is 0 Å². The highest BCUT2D eigenvalue weighted by molar-refractivity contribution is 5.85. The second-order valence-electron chi connectivity index (χ2n) is 3.60. The summed E-state index contributed by atoms with van der Waals surface area (Å²) in [5.74, 6) is 0. The standard InChI is InChI=1S/C11H13N.C2H5N/c1-8-9(2)12(3)11-7-5-4-6-10(8)11;1-3-2/h4-7H,1-3H3;1H2,2H3. The van der Waals surface area contributed by atoms with Crippen LogP contribution in [0.25, 0.3) is 10.9 Å². The molecule has 1 aromatic heterocycles. The summed E-state index contributed by atoms with van der Waals surface area (Å²) in [6.45, 7) is 7.45. The maximum absolute atomic E-state index is 3.25. The van der Waals surface area contributed by atoms with Gasteiger partial charge in [0.15, 0.2) is 0 Å². The van der Waals surface area contributed by atoms with Crippen LogP contribution < -0.4 is 0 Å². The summed E-state index contributed by atoms with van der Waals surface area (Å²) in [6.07, 6.45) is 0. The highest BCUT2D eigenvalue weighted by Crippen LogP contribution is 2.22. The van der Waals surface area contributed by atoms with Crippen LogP contribution in [0.4, 0.5) is 0 Å². The van der Waals surface area contributed by atoms with Gasteiger partial charge in [0.1, 0.15) is 0 Å². The van der Waals surface area contributed by atoms with E-state index in [0.717, 1.165) is 0 Å². The zero-order valence-electron chi connectivity index (χ0n) is 9.91. The molecule has 2 nitrogen and oxygen atoms in total. The molecular formula is C13H18N2. The number of aliphatic imine (C=N–C) groups is 1. The van der Waals surface area contributed by atoms with E-state index < -0.39 is 0 Å². The first-order chi connectivity index (χ1) is 7.13. The number of para-hydroxylation sites is 1. The molecule has 0 atom stereocenters. The van der Waals surface area contributed by atoms with Crippen LogP contribution in [-0.4, -0.2) is 18.3 Å². The van der Waals surface area contributed by atoms with Crippen LogP contribution in [0.1, 0.15) is 11.3 Å². The molecule has 0 saturated carbocycles. The van der Waals surface area contributed by atoms with Gasteiger partial charge in [0, 0.05) is 30.7 Å². The smallest absolute Gasteiger partial charge is 0.0482 e. The number of rotatable bonds is 0. The minimum Gasteiger partial charge on any atom is -0.348 e. The fourth-order valence-corrected chi connectivity index (χ4v) is 1.71. The van der Waals surface area contributed by atoms with E-state index in [9.17, 15) is 0 Å². The van der Waals surface area contributed by atoms with Crippen molar-refractivity contribution in [1.29, 1.82) is 0 Å². The van der Waals surface area contributed by atoms with Gasteiger partial charge in [-0.05, 0) is 32.2 Å². The first kappa shape index (κ1) is 11.5. The Labute approximate surface area is 91.3 Å². The Morgan fingerprint density at radius 1 is 1.20 bits per heavy atom. The van der Waals surface area contributed by atoms with E-state index in [2.05, 4.69) is 61.4 Å². The fraction of sp³-hybridized carbons (Fsp3) is 0.308. The van der Waals surface area contributed by atoms with E-state index in [1.54, 1.807) is 7.05 Å². The molecule has 2 heteroatoms. The summed E-state index contributed by atoms with van der Waals surface area (Å²) in [6, 6.07) is 8.52. The van der Waals surface area contributed by atoms with Crippen LogP contribution in [0.15, 0.2) is 29.3 Å². The lowest BCUT2D eigenvalue weighted by atomic mass is 10.2. The van der Waals surface area contributed by atoms with Gasteiger partial charge < -0.3 is 9.56 Å². The number of benzene rings is 1. The maximum Gasteiger partial charge on any atom is 0.0482 e. The van der Waals surface area contributed by atoms with Crippen LogP contribution in [0, 0.1) is 13.8 Å². The Morgan fingerprint density at radius 3 is 2.27 bits per heavy atom. The minimum absolute atomic E-state index is 1.33. The summed E-state index contributed by atoms with van der Waals surface area (Å²) in [5, 5.41) is 1.37. The van der Waals surface area contributed by atoms with E-state index in [1.165, 1.54) is 22.2 Å². The van der Waals surface area contributed by atoms with Crippen LogP contribution in [0.5, 0.6) is 0 Å². The topological polar surface area (TPSA) is 17.3 Å². The average molecular weight is 202 g/mol. The quantitative estimate of drug-likeness (QED) is 0.584. The number of hydrogen-bond acceptors (Lipinski definition) is 1. The number of hydrogen-bond donors (Lipinski definition) is 0. The van der Waals surface area contributed by atoms with Crippen LogP contribution >= 0.6 is 0 Å². The van der Waals surface area contributed by atoms with Gasteiger partial charge in [-0.15, -0.1) is 0 Å². The van der Waals surface area contributed by atoms with Crippen LogP contribution in [0.2, 0.25) is 0 Å². The maximum atomic E-state index is 3.25. The Kier molecular flexibility index (Phi) is 3.67. The van der Waals surface area contributed by atoms with Crippen molar-refractivity contribution in [2.45, 2.75) is 13.8 Å². The molecule has 0 saturated heterocycles. The number of aromatic nitrogens is 1. The zero-order chi connectivity index (χ0) is 11.4. The van der Waals surface area contributed by atoms with E-state index in [0.29, 0.717) is 0 Å². The molecule has 0 aliphatic rings. The van der Waals surface area contributed by atoms with Crippen LogP contribution in [-0.2, 0) is 7.05 Å². The van der Waals surface area contributed by atoms with Crippen LogP contribution in [0.3, 0.4) is 0 Å². The van der Waals surface area contributed by atoms with Crippen molar-refractivity contribution in [3.63, 3.8) is 0 Å². The van der Waals surface area contributed by atoms with Gasteiger partial charge in [0.05, 0.1) is 0 Å². The third-order valence-corrected chi connectivity index (χ3v) is 2.72. The lowest BCUT2D eigenvalue weighted by Gasteiger charge is -1.96. The molecule has 0 fully saturated rings. The largest absolute Gasteiger partial charge is 0.348 e. The molecule has 0 unspecified atom stereocenters. The van der Waals surface area contributed by atoms with Gasteiger partial charge in [-0.3, -0.25) is 0 Å². The van der Waals surface area contributed by atoms with Crippen molar-refractivity contribution >= 4 is 17.6 Å². The first-order valence-electron chi connectivity index (χ1n) is 4.99. The molecule has 0 radical (unpaired) electrons. The normalized spacial score (nSPS) is 9.60. The second kappa shape index (κ2) is 4.78. The Morgan fingerprint density at radius 2 is 1.73 bits per heavy atom. The Hall–Kier alpha value is -1.57. The second-order valence-corrected chi connectivity index (χ2v) is 3.60. The molecule has 0 aliphatic heterocycles. The molecule has 1 aromatic carbocycles. The van der Waals surface area contributed by atoms with Gasteiger partial charge >= 0.3 is 0 Å². The molecule has 1 heterocycles. The average Bonchev–Trinajstić information content (AvgIpc) is 2.46. The van der Waals surface area contributed by atoms with Crippen molar-refractivity contribution in [1.82, 2.24) is 4.57 Å². The molecule has 0 bridgehead atoms. The summed E-state index contributed by atoms with van der Waals surface area (Å²) in [5.41, 5.74) is 4.08. The summed E-state index contributed by atoms with van der Waals surface area (Å²) in [7, 11) is 3.75. The summed E-state index contributed by atoms with van der Waals surface area (Å²) < 4.78 is 2.24. The number of fused-ring (bicyclic) bond motifs is 1. The van der Waals surface area contributed by atoms with E-state index in [4.69, 9.17) is 0 Å². The summed E-state index contributed by atoms with van der Waals surface area (Å²) >= 11 is 0. The SMILES string of the molecule is C=NC.Cc1c(C)n(C)c2ccccc12. The van der Waals surface area contributed by atoms with E-state index in [1.807, 2.05) is 0 Å². The molecule has 0 amide bonds. The highest BCUT2D eigenvalue weighted by atomic mass is 14.9. The van der Waals surface area contributed by atoms with Crippen molar-refractivity contribution in [3.8, 4) is 0 Å². The van der Waals surface area contributed by atoms with Gasteiger partial charge in [0.25, 0.3) is 0 Å². The molecule has 0 aliphatic carbocycles. The Balaban J connectivity index is 0.000000337. The first-order valence-corrected chi connectivity index (χ1v) is 4.99. The molecular weight excluding hydrogens is 184 g/mol. The van der Waals surface area contributed by atoms with Crippen molar-refractivity contribution < 1.29 is 0 Å². The molecule has 15 heavy (non-hydrogen) atoms. The number of nitrogens with zero attached hydrogens (tertiary/aromatic N) is 2. The predicted molar refractivity (Wildman–Crippen MR) is 67.9 cm³/mol. The monoisotopic (exact) mass is 202 g/mol. The zero-order valence-corrected chi connectivity index (χ0v) is 9.91. The molecule has 0 spiro atoms. The van der Waals surface area contributed by atoms with Crippen molar-refractivity contribution in [2.24, 2.45) is 12.0 Å². The molecule has 0 N–H and O–H groups in total. The summed E-state index contributed by atoms with van der Waals surface area (Å²) in [4.78, 5) is 3.25. The Bertz CT molecular complexity index is 428. The fourth-order valence-electron chi connectivity index (χ4n) is 1.71. The van der Waals surface area contributed by atoms with Gasteiger partial charge in [-0.1, -0.05) is 18.2 Å². The number of aryl methyl sites for hydroxylation is 2. The molecule has 2 aromatic rings. The van der Waals surface area contributed by atoms with Crippen molar-refractivity contribution in [3.05, 3.63) is 35.5 Å². The lowest BCUT2D eigenvalue weighted by Crippen LogP contribution is -1.89. The molecule has 2 rings (SSSR count). The van der Waals surface area contributed by atoms with Crippen molar-refractivity contribution in [2.75, 3.05) is 7.05 Å². The predicted octanol–water partition coefficient (Wildman–Crippen LogP) is 3.11. The van der Waals surface area contributed by atoms with Gasteiger partial charge in [-0.25, -0.2) is 0 Å². The van der Waals surface area contributed by atoms with E-state index >= 15 is 0 Å². The van der Waals surface area contributed by atoms with E-state index in [-0.39, 0.29) is 0 Å². The third-order valence-electron chi connectivity index (χ3n) is 2.72. The third kappa shape index (κ3) is 2.09. The molecule has 80 valence electrons. The minimum atomic E-state index is 1.33. The lowest BCUT2D eigenvalue weighted by molar-refractivity contribution is 0.910.